The van der Waals surface area contributed by atoms with Crippen molar-refractivity contribution < 1.29 is 14.1 Å². The number of hydrogen-bond acceptors (Lipinski definition) is 5. The molecule has 0 bridgehead atoms. The van der Waals surface area contributed by atoms with Crippen molar-refractivity contribution in [2.24, 2.45) is 0 Å². The average Bonchev–Trinajstić information content (AvgIpc) is 3.25. The largest absolute Gasteiger partial charge is 0.382 e. The van der Waals surface area contributed by atoms with Crippen LogP contribution in [0.1, 0.15) is 51.8 Å². The fraction of sp³-hybridized carbons (Fsp3) is 0.526. The first-order chi connectivity index (χ1) is 12.1. The number of amides is 1. The van der Waals surface area contributed by atoms with Gasteiger partial charge in [-0.25, -0.2) is 0 Å². The lowest BCUT2D eigenvalue weighted by atomic mass is 9.83. The van der Waals surface area contributed by atoms with Crippen LogP contribution in [0, 0.1) is 0 Å². The molecule has 6 nitrogen and oxygen atoms in total. The predicted octanol–water partition coefficient (Wildman–Crippen LogP) is 3.93. The Labute approximate surface area is 148 Å². The molecule has 1 N–H and O–H groups in total. The SMILES string of the molecule is CCOCCC1(c2nc(-c3ccccc3NC(C)=O)no2)CCCC1. The van der Waals surface area contributed by atoms with Crippen molar-refractivity contribution in [3.8, 4) is 11.4 Å². The van der Waals surface area contributed by atoms with Crippen LogP contribution >= 0.6 is 0 Å². The molecule has 1 heterocycles. The molecule has 1 fully saturated rings. The van der Waals surface area contributed by atoms with Gasteiger partial charge in [-0.3, -0.25) is 4.79 Å². The molecule has 0 unspecified atom stereocenters. The number of ether oxygens (including phenoxy) is 1. The minimum Gasteiger partial charge on any atom is -0.382 e. The van der Waals surface area contributed by atoms with Gasteiger partial charge in [-0.15, -0.1) is 0 Å². The standard InChI is InChI=1S/C19H25N3O3/c1-3-24-13-12-19(10-6-7-11-19)18-21-17(22-25-18)15-8-4-5-9-16(15)20-14(2)23/h4-5,8-9H,3,6-7,10-13H2,1-2H3,(H,20,23). The quantitative estimate of drug-likeness (QED) is 0.771. The third-order valence-electron chi connectivity index (χ3n) is 4.85. The first-order valence-corrected chi connectivity index (χ1v) is 8.93. The van der Waals surface area contributed by atoms with E-state index in [0.717, 1.165) is 31.4 Å². The lowest BCUT2D eigenvalue weighted by molar-refractivity contribution is -0.114. The fourth-order valence-corrected chi connectivity index (χ4v) is 3.56. The van der Waals surface area contributed by atoms with Crippen molar-refractivity contribution in [1.29, 1.82) is 0 Å². The minimum absolute atomic E-state index is 0.0800. The Morgan fingerprint density at radius 3 is 2.80 bits per heavy atom. The van der Waals surface area contributed by atoms with E-state index < -0.39 is 0 Å². The number of para-hydroxylation sites is 1. The van der Waals surface area contributed by atoms with E-state index in [2.05, 4.69) is 10.5 Å². The van der Waals surface area contributed by atoms with E-state index >= 15 is 0 Å². The molecule has 0 atom stereocenters. The summed E-state index contributed by atoms with van der Waals surface area (Å²) in [6.45, 7) is 4.91. The van der Waals surface area contributed by atoms with Gasteiger partial charge < -0.3 is 14.6 Å². The molecule has 1 amide bonds. The Kier molecular flexibility index (Phi) is 5.48. The van der Waals surface area contributed by atoms with Gasteiger partial charge in [0.1, 0.15) is 0 Å². The number of aromatic nitrogens is 2. The van der Waals surface area contributed by atoms with E-state index in [1.165, 1.54) is 19.8 Å². The van der Waals surface area contributed by atoms with Gasteiger partial charge >= 0.3 is 0 Å². The van der Waals surface area contributed by atoms with Crippen molar-refractivity contribution >= 4 is 11.6 Å². The molecule has 1 aliphatic rings. The molecule has 1 saturated carbocycles. The smallest absolute Gasteiger partial charge is 0.233 e. The summed E-state index contributed by atoms with van der Waals surface area (Å²) in [6, 6.07) is 7.50. The van der Waals surface area contributed by atoms with Crippen LogP contribution in [0.25, 0.3) is 11.4 Å². The molecule has 0 aliphatic heterocycles. The zero-order valence-corrected chi connectivity index (χ0v) is 14.9. The Balaban J connectivity index is 1.88. The Morgan fingerprint density at radius 1 is 1.32 bits per heavy atom. The number of hydrogen-bond donors (Lipinski definition) is 1. The number of nitrogens with one attached hydrogen (secondary N) is 1. The third-order valence-corrected chi connectivity index (χ3v) is 4.85. The van der Waals surface area contributed by atoms with E-state index in [-0.39, 0.29) is 11.3 Å². The van der Waals surface area contributed by atoms with Crippen molar-refractivity contribution in [3.63, 3.8) is 0 Å². The van der Waals surface area contributed by atoms with Gasteiger partial charge in [0.2, 0.25) is 17.6 Å². The third kappa shape index (κ3) is 3.90. The van der Waals surface area contributed by atoms with Crippen molar-refractivity contribution in [1.82, 2.24) is 10.1 Å². The van der Waals surface area contributed by atoms with Gasteiger partial charge in [-0.05, 0) is 38.3 Å². The van der Waals surface area contributed by atoms with E-state index in [1.807, 2.05) is 31.2 Å². The molecule has 6 heteroatoms. The van der Waals surface area contributed by atoms with Gasteiger partial charge in [-0.1, -0.05) is 30.1 Å². The molecule has 3 rings (SSSR count). The first-order valence-electron chi connectivity index (χ1n) is 8.93. The monoisotopic (exact) mass is 343 g/mol. The summed E-state index contributed by atoms with van der Waals surface area (Å²) in [5.41, 5.74) is 1.38. The second-order valence-electron chi connectivity index (χ2n) is 6.58. The van der Waals surface area contributed by atoms with Crippen molar-refractivity contribution in [3.05, 3.63) is 30.2 Å². The maximum absolute atomic E-state index is 11.4. The second kappa shape index (κ2) is 7.78. The van der Waals surface area contributed by atoms with Crippen LogP contribution < -0.4 is 5.32 Å². The number of rotatable bonds is 7. The summed E-state index contributed by atoms with van der Waals surface area (Å²) >= 11 is 0. The predicted molar refractivity (Wildman–Crippen MR) is 95.3 cm³/mol. The Hall–Kier alpha value is -2.21. The fourth-order valence-electron chi connectivity index (χ4n) is 3.56. The molecule has 0 radical (unpaired) electrons. The number of carbonyl (C=O) groups is 1. The zero-order valence-electron chi connectivity index (χ0n) is 14.9. The van der Waals surface area contributed by atoms with E-state index in [1.54, 1.807) is 0 Å². The maximum atomic E-state index is 11.4. The normalized spacial score (nSPS) is 16.1. The molecule has 0 spiro atoms. The highest BCUT2D eigenvalue weighted by atomic mass is 16.5. The lowest BCUT2D eigenvalue weighted by Gasteiger charge is -2.24. The average molecular weight is 343 g/mol. The Morgan fingerprint density at radius 2 is 2.08 bits per heavy atom. The summed E-state index contributed by atoms with van der Waals surface area (Å²) in [4.78, 5) is 16.1. The number of carbonyl (C=O) groups excluding carboxylic acids is 1. The minimum atomic E-state index is -0.125. The maximum Gasteiger partial charge on any atom is 0.233 e. The lowest BCUT2D eigenvalue weighted by Crippen LogP contribution is -2.24. The second-order valence-corrected chi connectivity index (χ2v) is 6.58. The van der Waals surface area contributed by atoms with Gasteiger partial charge in [0.25, 0.3) is 0 Å². The molecule has 2 aromatic rings. The van der Waals surface area contributed by atoms with Crippen molar-refractivity contribution in [2.75, 3.05) is 18.5 Å². The summed E-state index contributed by atoms with van der Waals surface area (Å²) in [6.07, 6.45) is 5.35. The molecule has 1 aromatic heterocycles. The van der Waals surface area contributed by atoms with Crippen LogP contribution in [-0.4, -0.2) is 29.3 Å². The van der Waals surface area contributed by atoms with Crippen LogP contribution in [-0.2, 0) is 14.9 Å². The van der Waals surface area contributed by atoms with E-state index in [9.17, 15) is 4.79 Å². The molecule has 1 aromatic carbocycles. The molecular weight excluding hydrogens is 318 g/mol. The van der Waals surface area contributed by atoms with E-state index in [0.29, 0.717) is 24.0 Å². The number of benzene rings is 1. The van der Waals surface area contributed by atoms with Gasteiger partial charge in [0, 0.05) is 25.7 Å². The summed E-state index contributed by atoms with van der Waals surface area (Å²) in [7, 11) is 0. The highest BCUT2D eigenvalue weighted by molar-refractivity contribution is 5.93. The highest BCUT2D eigenvalue weighted by Gasteiger charge is 2.40. The summed E-state index contributed by atoms with van der Waals surface area (Å²) in [5, 5.41) is 7.02. The molecule has 1 aliphatic carbocycles. The van der Waals surface area contributed by atoms with E-state index in [4.69, 9.17) is 14.2 Å². The molecule has 25 heavy (non-hydrogen) atoms. The van der Waals surface area contributed by atoms with Gasteiger partial charge in [-0.2, -0.15) is 4.98 Å². The summed E-state index contributed by atoms with van der Waals surface area (Å²) < 4.78 is 11.2. The molecule has 0 saturated heterocycles. The molecular formula is C19H25N3O3. The number of nitrogens with zero attached hydrogens (tertiary/aromatic N) is 2. The van der Waals surface area contributed by atoms with Gasteiger partial charge in [0.05, 0.1) is 11.1 Å². The first kappa shape index (κ1) is 17.6. The highest BCUT2D eigenvalue weighted by Crippen LogP contribution is 2.43. The van der Waals surface area contributed by atoms with Crippen LogP contribution in [0.2, 0.25) is 0 Å². The zero-order chi connectivity index (χ0) is 17.7. The van der Waals surface area contributed by atoms with Crippen LogP contribution in [0.5, 0.6) is 0 Å². The van der Waals surface area contributed by atoms with Crippen LogP contribution in [0.4, 0.5) is 5.69 Å². The number of anilines is 1. The van der Waals surface area contributed by atoms with Crippen LogP contribution in [0.15, 0.2) is 28.8 Å². The van der Waals surface area contributed by atoms with Crippen LogP contribution in [0.3, 0.4) is 0 Å². The Bertz CT molecular complexity index is 720. The topological polar surface area (TPSA) is 77.2 Å². The van der Waals surface area contributed by atoms with Crippen molar-refractivity contribution in [2.45, 2.75) is 51.4 Å². The van der Waals surface area contributed by atoms with Gasteiger partial charge in [0.15, 0.2) is 0 Å². The molecule has 134 valence electrons. The summed E-state index contributed by atoms with van der Waals surface area (Å²) in [5.74, 6) is 1.08.